The average molecular weight is 285 g/mol. The maximum atomic E-state index is 12.5. The zero-order chi connectivity index (χ0) is 15.4. The molecule has 0 aliphatic carbocycles. The van der Waals surface area contributed by atoms with Gasteiger partial charge in [0.15, 0.2) is 5.60 Å². The number of aromatic nitrogens is 2. The number of benzene rings is 1. The number of hydrogen-bond donors (Lipinski definition) is 0. The van der Waals surface area contributed by atoms with Gasteiger partial charge < -0.3 is 9.64 Å². The van der Waals surface area contributed by atoms with Gasteiger partial charge in [-0.3, -0.25) is 4.79 Å². The number of ether oxygens (including phenoxy) is 1. The largest absolute Gasteiger partial charge is 0.476 e. The Balaban J connectivity index is 2.29. The minimum atomic E-state index is -0.853. The van der Waals surface area contributed by atoms with E-state index in [9.17, 15) is 4.79 Å². The Kier molecular flexibility index (Phi) is 2.90. The molecule has 1 aromatic heterocycles. The number of hydrogen-bond acceptors (Lipinski definition) is 4. The molecule has 110 valence electrons. The molecule has 0 radical (unpaired) electrons. The number of carbonyl (C=O) groups is 1. The summed E-state index contributed by atoms with van der Waals surface area (Å²) in [5.74, 6) is 1.41. The first-order valence-corrected chi connectivity index (χ1v) is 7.13. The zero-order valence-corrected chi connectivity index (χ0v) is 13.0. The molecule has 0 atom stereocenters. The summed E-state index contributed by atoms with van der Waals surface area (Å²) in [5, 5.41) is 0.953. The highest BCUT2D eigenvalue weighted by Crippen LogP contribution is 2.40. The second-order valence-electron chi connectivity index (χ2n) is 5.86. The van der Waals surface area contributed by atoms with Gasteiger partial charge in [0.1, 0.15) is 11.6 Å². The highest BCUT2D eigenvalue weighted by atomic mass is 16.5. The van der Waals surface area contributed by atoms with Crippen LogP contribution in [0.3, 0.4) is 0 Å². The normalized spacial score (nSPS) is 16.8. The molecule has 5 nitrogen and oxygen atoms in total. The summed E-state index contributed by atoms with van der Waals surface area (Å²) in [6.07, 6.45) is 0. The second kappa shape index (κ2) is 4.41. The monoisotopic (exact) mass is 285 g/mol. The average Bonchev–Trinajstić information content (AvgIpc) is 2.38. The fraction of sp³-hybridized carbons (Fsp3) is 0.438. The van der Waals surface area contributed by atoms with Crippen LogP contribution in [0.5, 0.6) is 5.75 Å². The summed E-state index contributed by atoms with van der Waals surface area (Å²) in [7, 11) is 0. The van der Waals surface area contributed by atoms with Gasteiger partial charge in [-0.25, -0.2) is 9.97 Å². The van der Waals surface area contributed by atoms with E-state index >= 15 is 0 Å². The van der Waals surface area contributed by atoms with Crippen molar-refractivity contribution in [2.24, 2.45) is 0 Å². The van der Waals surface area contributed by atoms with E-state index in [4.69, 9.17) is 4.74 Å². The van der Waals surface area contributed by atoms with Crippen LogP contribution in [-0.2, 0) is 4.79 Å². The Labute approximate surface area is 124 Å². The molecule has 2 aromatic rings. The van der Waals surface area contributed by atoms with Gasteiger partial charge >= 0.3 is 0 Å². The van der Waals surface area contributed by atoms with E-state index in [1.165, 1.54) is 0 Å². The maximum absolute atomic E-state index is 12.5. The minimum absolute atomic E-state index is 0.0254. The molecule has 1 aliphatic heterocycles. The first-order valence-electron chi connectivity index (χ1n) is 7.13. The van der Waals surface area contributed by atoms with Crippen LogP contribution in [0, 0.1) is 13.8 Å². The molecule has 0 fully saturated rings. The van der Waals surface area contributed by atoms with E-state index in [0.29, 0.717) is 12.3 Å². The number of aryl methyl sites for hydroxylation is 2. The molecule has 0 saturated carbocycles. The number of fused-ring (bicyclic) bond motifs is 2. The van der Waals surface area contributed by atoms with Gasteiger partial charge in [0, 0.05) is 23.7 Å². The molecule has 0 spiro atoms. The molecule has 0 saturated heterocycles. The SMILES string of the molecule is CCN1C(=O)C(C)(C)Oc2cc3nc(C)nc(C)c3cc21. The van der Waals surface area contributed by atoms with Gasteiger partial charge in [0.05, 0.1) is 11.2 Å². The van der Waals surface area contributed by atoms with Gasteiger partial charge in [-0.15, -0.1) is 0 Å². The van der Waals surface area contributed by atoms with Crippen molar-refractivity contribution >= 4 is 22.5 Å². The van der Waals surface area contributed by atoms with Crippen molar-refractivity contribution in [3.63, 3.8) is 0 Å². The summed E-state index contributed by atoms with van der Waals surface area (Å²) >= 11 is 0. The molecule has 0 N–H and O–H groups in total. The first-order chi connectivity index (χ1) is 9.83. The van der Waals surface area contributed by atoms with E-state index < -0.39 is 5.60 Å². The molecular weight excluding hydrogens is 266 g/mol. The number of rotatable bonds is 1. The minimum Gasteiger partial charge on any atom is -0.476 e. The smallest absolute Gasteiger partial charge is 0.270 e. The van der Waals surface area contributed by atoms with Crippen molar-refractivity contribution < 1.29 is 9.53 Å². The van der Waals surface area contributed by atoms with Crippen molar-refractivity contribution in [1.29, 1.82) is 0 Å². The lowest BCUT2D eigenvalue weighted by Crippen LogP contribution is -2.52. The summed E-state index contributed by atoms with van der Waals surface area (Å²) in [4.78, 5) is 23.1. The lowest BCUT2D eigenvalue weighted by atomic mass is 10.0. The number of carbonyl (C=O) groups excluding carboxylic acids is 1. The molecule has 2 heterocycles. The fourth-order valence-corrected chi connectivity index (χ4v) is 2.80. The van der Waals surface area contributed by atoms with Gasteiger partial charge in [-0.2, -0.15) is 0 Å². The van der Waals surface area contributed by atoms with Crippen LogP contribution in [0.4, 0.5) is 5.69 Å². The Morgan fingerprint density at radius 3 is 2.62 bits per heavy atom. The van der Waals surface area contributed by atoms with E-state index in [2.05, 4.69) is 9.97 Å². The van der Waals surface area contributed by atoms with E-state index in [1.54, 1.807) is 18.7 Å². The predicted molar refractivity (Wildman–Crippen MR) is 81.7 cm³/mol. The summed E-state index contributed by atoms with van der Waals surface area (Å²) in [5.41, 5.74) is 1.70. The molecule has 21 heavy (non-hydrogen) atoms. The summed E-state index contributed by atoms with van der Waals surface area (Å²) < 4.78 is 5.90. The maximum Gasteiger partial charge on any atom is 0.270 e. The molecular formula is C16H19N3O2. The van der Waals surface area contributed by atoms with Crippen LogP contribution in [0.1, 0.15) is 32.3 Å². The van der Waals surface area contributed by atoms with E-state index in [0.717, 1.165) is 28.1 Å². The molecule has 1 aliphatic rings. The second-order valence-corrected chi connectivity index (χ2v) is 5.86. The third kappa shape index (κ3) is 2.04. The van der Waals surface area contributed by atoms with Crippen molar-refractivity contribution in [2.75, 3.05) is 11.4 Å². The van der Waals surface area contributed by atoms with Crippen molar-refractivity contribution in [2.45, 2.75) is 40.2 Å². The van der Waals surface area contributed by atoms with Crippen molar-refractivity contribution in [3.8, 4) is 5.75 Å². The van der Waals surface area contributed by atoms with Gasteiger partial charge in [-0.05, 0) is 40.7 Å². The highest BCUT2D eigenvalue weighted by Gasteiger charge is 2.40. The van der Waals surface area contributed by atoms with E-state index in [1.807, 2.05) is 32.9 Å². The molecule has 1 aromatic carbocycles. The first kappa shape index (κ1) is 13.8. The third-order valence-electron chi connectivity index (χ3n) is 3.81. The molecule has 5 heteroatoms. The zero-order valence-electron chi connectivity index (χ0n) is 13.0. The topological polar surface area (TPSA) is 55.3 Å². The lowest BCUT2D eigenvalue weighted by molar-refractivity contribution is -0.132. The Morgan fingerprint density at radius 2 is 1.95 bits per heavy atom. The summed E-state index contributed by atoms with van der Waals surface area (Å²) in [6.45, 7) is 9.98. The van der Waals surface area contributed by atoms with Gasteiger partial charge in [0.2, 0.25) is 0 Å². The number of nitrogens with zero attached hydrogens (tertiary/aromatic N) is 3. The van der Waals surface area contributed by atoms with Crippen LogP contribution in [0.15, 0.2) is 12.1 Å². The Hall–Kier alpha value is -2.17. The summed E-state index contributed by atoms with van der Waals surface area (Å²) in [6, 6.07) is 3.86. The van der Waals surface area contributed by atoms with Crippen molar-refractivity contribution in [1.82, 2.24) is 9.97 Å². The molecule has 0 bridgehead atoms. The van der Waals surface area contributed by atoms with Crippen molar-refractivity contribution in [3.05, 3.63) is 23.7 Å². The number of anilines is 1. The van der Waals surface area contributed by atoms with Crippen LogP contribution in [-0.4, -0.2) is 28.0 Å². The van der Waals surface area contributed by atoms with E-state index in [-0.39, 0.29) is 5.91 Å². The fourth-order valence-electron chi connectivity index (χ4n) is 2.80. The van der Waals surface area contributed by atoms with Gasteiger partial charge in [0.25, 0.3) is 5.91 Å². The number of amides is 1. The van der Waals surface area contributed by atoms with Crippen LogP contribution >= 0.6 is 0 Å². The highest BCUT2D eigenvalue weighted by molar-refractivity contribution is 6.04. The van der Waals surface area contributed by atoms with Crippen LogP contribution in [0.25, 0.3) is 10.9 Å². The van der Waals surface area contributed by atoms with Crippen LogP contribution < -0.4 is 9.64 Å². The Morgan fingerprint density at radius 1 is 1.24 bits per heavy atom. The van der Waals surface area contributed by atoms with Crippen LogP contribution in [0.2, 0.25) is 0 Å². The van der Waals surface area contributed by atoms with Gasteiger partial charge in [-0.1, -0.05) is 0 Å². The standard InChI is InChI=1S/C16H19N3O2/c1-6-19-13-7-11-9(2)17-10(3)18-12(11)8-14(13)21-16(4,5)15(19)20/h7-8H,6H2,1-5H3. The Bertz CT molecular complexity index is 753. The number of likely N-dealkylation sites (N-methyl/N-ethyl adjacent to an activating group) is 1. The molecule has 1 amide bonds. The predicted octanol–water partition coefficient (Wildman–Crippen LogP) is 2.77. The molecule has 3 rings (SSSR count). The third-order valence-corrected chi connectivity index (χ3v) is 3.81. The lowest BCUT2D eigenvalue weighted by Gasteiger charge is -2.38. The molecule has 0 unspecified atom stereocenters. The quantitative estimate of drug-likeness (QED) is 0.808.